The van der Waals surface area contributed by atoms with Gasteiger partial charge in [0.25, 0.3) is 0 Å². The van der Waals surface area contributed by atoms with Crippen LogP contribution in [0.4, 0.5) is 0 Å². The van der Waals surface area contributed by atoms with E-state index < -0.39 is 5.97 Å². The lowest BCUT2D eigenvalue weighted by Crippen LogP contribution is -2.31. The molecule has 0 fully saturated rings. The number of carbonyl (C=O) groups excluding carboxylic acids is 1. The zero-order chi connectivity index (χ0) is 16.3. The maximum absolute atomic E-state index is 12.4. The minimum absolute atomic E-state index is 0.228. The molecule has 1 unspecified atom stereocenters. The molecule has 2 rings (SSSR count). The van der Waals surface area contributed by atoms with Gasteiger partial charge in [0, 0.05) is 6.42 Å². The van der Waals surface area contributed by atoms with E-state index >= 15 is 0 Å². The molecule has 2 heterocycles. The number of H-pyrrole nitrogens is 1. The Morgan fingerprint density at radius 2 is 2.27 bits per heavy atom. The van der Waals surface area contributed by atoms with Crippen molar-refractivity contribution in [1.82, 2.24) is 20.2 Å². The van der Waals surface area contributed by atoms with Crippen LogP contribution in [0.25, 0.3) is 10.8 Å². The van der Waals surface area contributed by atoms with Crippen molar-refractivity contribution < 1.29 is 9.53 Å². The molecule has 116 valence electrons. The van der Waals surface area contributed by atoms with Crippen molar-refractivity contribution in [1.29, 1.82) is 0 Å². The lowest BCUT2D eigenvalue weighted by molar-refractivity contribution is -0.000128. The van der Waals surface area contributed by atoms with Crippen LogP contribution in [0.3, 0.4) is 0 Å². The van der Waals surface area contributed by atoms with Crippen molar-refractivity contribution in [3.05, 3.63) is 16.9 Å². The number of carbonyl (C=O) groups is 1. The molecule has 0 aliphatic heterocycles. The maximum Gasteiger partial charge on any atom is 0.350 e. The molecule has 0 bridgehead atoms. The summed E-state index contributed by atoms with van der Waals surface area (Å²) in [5.74, 6) is 2.68. The highest BCUT2D eigenvalue weighted by atomic mass is 32.1. The van der Waals surface area contributed by atoms with Gasteiger partial charge in [-0.15, -0.1) is 23.7 Å². The molecule has 0 amide bonds. The number of hydrogen-bond donors (Lipinski definition) is 1. The molecule has 1 atom stereocenters. The molecule has 0 aromatic carbocycles. The number of aryl methyl sites for hydroxylation is 1. The molecule has 0 saturated heterocycles. The van der Waals surface area contributed by atoms with E-state index in [-0.39, 0.29) is 11.5 Å². The monoisotopic (exact) mass is 318 g/mol. The van der Waals surface area contributed by atoms with Crippen LogP contribution in [0.5, 0.6) is 0 Å². The number of thiazole rings is 1. The lowest BCUT2D eigenvalue weighted by atomic mass is 9.87. The van der Waals surface area contributed by atoms with Gasteiger partial charge in [-0.1, -0.05) is 20.8 Å². The van der Waals surface area contributed by atoms with Crippen molar-refractivity contribution in [2.45, 2.75) is 40.2 Å². The molecule has 0 aliphatic carbocycles. The Balaban J connectivity index is 2.21. The quantitative estimate of drug-likeness (QED) is 0.692. The van der Waals surface area contributed by atoms with E-state index in [0.29, 0.717) is 27.8 Å². The van der Waals surface area contributed by atoms with E-state index in [4.69, 9.17) is 11.2 Å². The lowest BCUT2D eigenvalue weighted by Gasteiger charge is -2.28. The highest BCUT2D eigenvalue weighted by molar-refractivity contribution is 7.16. The standard InChI is InChI=1S/C15H18N4O2S/c1-6-7-10(15(3,4)5)21-14(20)11-9(2)18-13(22-11)12-16-8-17-19-12/h1,8,10H,7H2,2-5H3,(H,16,17,19). The zero-order valence-electron chi connectivity index (χ0n) is 13.0. The maximum atomic E-state index is 12.4. The van der Waals surface area contributed by atoms with Gasteiger partial charge in [0.1, 0.15) is 17.3 Å². The number of nitrogens with one attached hydrogen (secondary N) is 1. The Kier molecular flexibility index (Phi) is 4.62. The number of rotatable bonds is 4. The number of aromatic nitrogens is 4. The van der Waals surface area contributed by atoms with Crippen molar-refractivity contribution in [2.75, 3.05) is 0 Å². The van der Waals surface area contributed by atoms with E-state index in [1.807, 2.05) is 20.8 Å². The van der Waals surface area contributed by atoms with Crippen LogP contribution >= 0.6 is 11.3 Å². The summed E-state index contributed by atoms with van der Waals surface area (Å²) in [4.78, 5) is 21.2. The minimum Gasteiger partial charge on any atom is -0.457 e. The predicted molar refractivity (Wildman–Crippen MR) is 84.3 cm³/mol. The van der Waals surface area contributed by atoms with Crippen molar-refractivity contribution in [3.8, 4) is 23.2 Å². The summed E-state index contributed by atoms with van der Waals surface area (Å²) in [5, 5.41) is 7.11. The second-order valence-corrected chi connectivity index (χ2v) is 6.93. The summed E-state index contributed by atoms with van der Waals surface area (Å²) in [6.45, 7) is 7.73. The molecule has 2 aromatic heterocycles. The zero-order valence-corrected chi connectivity index (χ0v) is 13.8. The van der Waals surface area contributed by atoms with E-state index in [1.165, 1.54) is 17.7 Å². The normalized spacial score (nSPS) is 12.7. The first-order valence-corrected chi connectivity index (χ1v) is 7.62. The molecule has 6 nitrogen and oxygen atoms in total. The third kappa shape index (κ3) is 3.52. The summed E-state index contributed by atoms with van der Waals surface area (Å²) in [6, 6.07) is 0. The Morgan fingerprint density at radius 3 is 2.82 bits per heavy atom. The summed E-state index contributed by atoms with van der Waals surface area (Å²) in [5.41, 5.74) is 0.378. The fraction of sp³-hybridized carbons (Fsp3) is 0.467. The second-order valence-electron chi connectivity index (χ2n) is 5.94. The second kappa shape index (κ2) is 6.28. The number of aromatic amines is 1. The van der Waals surface area contributed by atoms with E-state index in [1.54, 1.807) is 6.92 Å². The van der Waals surface area contributed by atoms with Crippen LogP contribution in [0.1, 0.15) is 42.6 Å². The Bertz CT molecular complexity index is 692. The molecule has 0 aliphatic rings. The Labute approximate surface area is 133 Å². The molecule has 0 saturated carbocycles. The third-order valence-corrected chi connectivity index (χ3v) is 4.26. The molecular weight excluding hydrogens is 300 g/mol. The average molecular weight is 318 g/mol. The summed E-state index contributed by atoms with van der Waals surface area (Å²) in [7, 11) is 0. The molecule has 1 N–H and O–H groups in total. The largest absolute Gasteiger partial charge is 0.457 e. The van der Waals surface area contributed by atoms with Gasteiger partial charge in [-0.2, -0.15) is 5.10 Å². The number of terminal acetylenes is 1. The topological polar surface area (TPSA) is 80.8 Å². The van der Waals surface area contributed by atoms with Crippen LogP contribution in [0, 0.1) is 24.7 Å². The smallest absolute Gasteiger partial charge is 0.350 e. The van der Waals surface area contributed by atoms with Crippen LogP contribution < -0.4 is 0 Å². The fourth-order valence-corrected chi connectivity index (χ4v) is 2.71. The van der Waals surface area contributed by atoms with E-state index in [9.17, 15) is 4.79 Å². The van der Waals surface area contributed by atoms with Gasteiger partial charge < -0.3 is 4.74 Å². The van der Waals surface area contributed by atoms with Gasteiger partial charge in [0.05, 0.1) is 5.69 Å². The SMILES string of the molecule is C#CCC(OC(=O)c1sc(-c2ncn[nH]2)nc1C)C(C)(C)C. The molecule has 0 spiro atoms. The van der Waals surface area contributed by atoms with Gasteiger partial charge in [-0.25, -0.2) is 14.8 Å². The molecule has 0 radical (unpaired) electrons. The van der Waals surface area contributed by atoms with Crippen LogP contribution in [0.2, 0.25) is 0 Å². The number of nitrogens with zero attached hydrogens (tertiary/aromatic N) is 3. The molecule has 7 heteroatoms. The summed E-state index contributed by atoms with van der Waals surface area (Å²) < 4.78 is 5.60. The molecule has 2 aromatic rings. The fourth-order valence-electron chi connectivity index (χ4n) is 1.81. The van der Waals surface area contributed by atoms with Gasteiger partial charge in [0.2, 0.25) is 0 Å². The van der Waals surface area contributed by atoms with Gasteiger partial charge in [-0.05, 0) is 12.3 Å². The van der Waals surface area contributed by atoms with Crippen LogP contribution in [-0.2, 0) is 4.74 Å². The summed E-state index contributed by atoms with van der Waals surface area (Å²) in [6.07, 6.45) is 6.79. The van der Waals surface area contributed by atoms with Crippen LogP contribution in [0.15, 0.2) is 6.33 Å². The minimum atomic E-state index is -0.407. The number of esters is 1. The van der Waals surface area contributed by atoms with Gasteiger partial charge >= 0.3 is 5.97 Å². The number of hydrogen-bond acceptors (Lipinski definition) is 6. The van der Waals surface area contributed by atoms with Crippen LogP contribution in [-0.4, -0.2) is 32.2 Å². The Hall–Kier alpha value is -2.20. The van der Waals surface area contributed by atoms with E-state index in [2.05, 4.69) is 26.1 Å². The van der Waals surface area contributed by atoms with Gasteiger partial charge in [-0.3, -0.25) is 5.10 Å². The molecular formula is C15H18N4O2S. The average Bonchev–Trinajstić information content (AvgIpc) is 3.05. The number of ether oxygens (including phenoxy) is 1. The van der Waals surface area contributed by atoms with Gasteiger partial charge in [0.15, 0.2) is 10.8 Å². The Morgan fingerprint density at radius 1 is 1.55 bits per heavy atom. The van der Waals surface area contributed by atoms with Crippen molar-refractivity contribution in [3.63, 3.8) is 0 Å². The van der Waals surface area contributed by atoms with E-state index in [0.717, 1.165) is 0 Å². The van der Waals surface area contributed by atoms with Crippen molar-refractivity contribution >= 4 is 17.3 Å². The first-order valence-electron chi connectivity index (χ1n) is 6.80. The first kappa shape index (κ1) is 16.2. The third-order valence-electron chi connectivity index (χ3n) is 3.12. The predicted octanol–water partition coefficient (Wildman–Crippen LogP) is 2.83. The summed E-state index contributed by atoms with van der Waals surface area (Å²) >= 11 is 1.22. The van der Waals surface area contributed by atoms with Crippen molar-refractivity contribution in [2.24, 2.45) is 5.41 Å². The molecule has 22 heavy (non-hydrogen) atoms. The highest BCUT2D eigenvalue weighted by Gasteiger charge is 2.29. The highest BCUT2D eigenvalue weighted by Crippen LogP contribution is 2.29. The first-order chi connectivity index (χ1) is 10.3.